The molecule has 1 unspecified atom stereocenters. The van der Waals surface area contributed by atoms with Crippen LogP contribution in [-0.4, -0.2) is 48.6 Å². The number of dihydropyridines is 1. The molecule has 1 aliphatic rings. The molecule has 1 aliphatic heterocycles. The number of hydrogen-bond acceptors (Lipinski definition) is 9. The molecule has 2 rings (SSSR count). The molecule has 1 atom stereocenters. The SMILES string of the molecule is CCOC(=O)C1=C(CSCCN)NC(C)=C(C(=O)OC)C1c1ccccc1[N+](=O)[O-]. The summed E-state index contributed by atoms with van der Waals surface area (Å²) in [6.07, 6.45) is 0. The Morgan fingerprint density at radius 3 is 2.57 bits per heavy atom. The highest BCUT2D eigenvalue weighted by Gasteiger charge is 2.41. The lowest BCUT2D eigenvalue weighted by molar-refractivity contribution is -0.385. The zero-order valence-electron chi connectivity index (χ0n) is 17.1. The van der Waals surface area contributed by atoms with Crippen LogP contribution in [0.25, 0.3) is 0 Å². The summed E-state index contributed by atoms with van der Waals surface area (Å²) in [7, 11) is 1.22. The molecule has 10 heteroatoms. The predicted molar refractivity (Wildman–Crippen MR) is 114 cm³/mol. The van der Waals surface area contributed by atoms with Crippen molar-refractivity contribution in [3.05, 3.63) is 62.5 Å². The number of thioether (sulfide) groups is 1. The van der Waals surface area contributed by atoms with Crippen molar-refractivity contribution in [1.82, 2.24) is 5.32 Å². The Bertz CT molecular complexity index is 896. The van der Waals surface area contributed by atoms with Crippen LogP contribution in [0.1, 0.15) is 25.3 Å². The van der Waals surface area contributed by atoms with Gasteiger partial charge >= 0.3 is 11.9 Å². The maximum absolute atomic E-state index is 13.0. The van der Waals surface area contributed by atoms with E-state index in [0.717, 1.165) is 0 Å². The molecule has 0 aromatic heterocycles. The minimum Gasteiger partial charge on any atom is -0.466 e. The van der Waals surface area contributed by atoms with Crippen molar-refractivity contribution < 1.29 is 24.0 Å². The van der Waals surface area contributed by atoms with Gasteiger partial charge in [-0.25, -0.2) is 9.59 Å². The Morgan fingerprint density at radius 1 is 1.27 bits per heavy atom. The predicted octanol–water partition coefficient (Wildman–Crippen LogP) is 2.24. The molecule has 30 heavy (non-hydrogen) atoms. The molecule has 0 bridgehead atoms. The maximum atomic E-state index is 13.0. The number of rotatable bonds is 9. The number of para-hydroxylation sites is 1. The van der Waals surface area contributed by atoms with Gasteiger partial charge in [-0.3, -0.25) is 10.1 Å². The van der Waals surface area contributed by atoms with Crippen LogP contribution in [0.4, 0.5) is 5.69 Å². The smallest absolute Gasteiger partial charge is 0.336 e. The van der Waals surface area contributed by atoms with Crippen molar-refractivity contribution >= 4 is 29.4 Å². The molecule has 3 N–H and O–H groups in total. The van der Waals surface area contributed by atoms with Gasteiger partial charge in [-0.05, 0) is 13.8 Å². The molecule has 0 fully saturated rings. The van der Waals surface area contributed by atoms with Crippen LogP contribution < -0.4 is 11.1 Å². The fourth-order valence-corrected chi connectivity index (χ4v) is 4.05. The summed E-state index contributed by atoms with van der Waals surface area (Å²) in [6.45, 7) is 3.91. The average Bonchev–Trinajstić information content (AvgIpc) is 2.73. The third kappa shape index (κ3) is 5.00. The summed E-state index contributed by atoms with van der Waals surface area (Å²) in [5, 5.41) is 14.8. The molecular weight excluding hydrogens is 410 g/mol. The van der Waals surface area contributed by atoms with Crippen molar-refractivity contribution in [3.8, 4) is 0 Å². The fourth-order valence-electron chi connectivity index (χ4n) is 3.31. The van der Waals surface area contributed by atoms with Gasteiger partial charge in [0, 0.05) is 41.1 Å². The van der Waals surface area contributed by atoms with E-state index in [2.05, 4.69) is 5.32 Å². The number of nitrogens with zero attached hydrogens (tertiary/aromatic N) is 1. The van der Waals surface area contributed by atoms with Gasteiger partial charge in [0.15, 0.2) is 0 Å². The first kappa shape index (κ1) is 23.4. The normalized spacial score (nSPS) is 16.2. The molecule has 162 valence electrons. The highest BCUT2D eigenvalue weighted by molar-refractivity contribution is 7.99. The Kier molecular flexibility index (Phi) is 8.43. The first-order chi connectivity index (χ1) is 14.4. The number of carbonyl (C=O) groups excluding carboxylic acids is 2. The highest BCUT2D eigenvalue weighted by atomic mass is 32.2. The monoisotopic (exact) mass is 435 g/mol. The van der Waals surface area contributed by atoms with Crippen molar-refractivity contribution in [1.29, 1.82) is 0 Å². The van der Waals surface area contributed by atoms with Crippen LogP contribution >= 0.6 is 11.8 Å². The summed E-state index contributed by atoms with van der Waals surface area (Å²) >= 11 is 1.50. The lowest BCUT2D eigenvalue weighted by atomic mass is 9.79. The van der Waals surface area contributed by atoms with E-state index >= 15 is 0 Å². The number of nitro groups is 1. The molecule has 0 spiro atoms. The molecule has 1 heterocycles. The zero-order valence-corrected chi connectivity index (χ0v) is 17.9. The number of carbonyl (C=O) groups is 2. The van der Waals surface area contributed by atoms with Gasteiger partial charge in [0.2, 0.25) is 0 Å². The second kappa shape index (κ2) is 10.8. The van der Waals surface area contributed by atoms with Gasteiger partial charge in [0.25, 0.3) is 5.69 Å². The quantitative estimate of drug-likeness (QED) is 0.259. The van der Waals surface area contributed by atoms with Crippen LogP contribution in [0.5, 0.6) is 0 Å². The molecule has 0 aliphatic carbocycles. The Balaban J connectivity index is 2.77. The topological polar surface area (TPSA) is 134 Å². The van der Waals surface area contributed by atoms with E-state index in [1.54, 1.807) is 19.9 Å². The molecule has 0 saturated heterocycles. The second-order valence-corrected chi connectivity index (χ2v) is 7.46. The number of ether oxygens (including phenoxy) is 2. The molecule has 1 aromatic carbocycles. The summed E-state index contributed by atoms with van der Waals surface area (Å²) in [6, 6.07) is 6.03. The van der Waals surface area contributed by atoms with Crippen molar-refractivity contribution in [2.75, 3.05) is 31.8 Å². The number of nitro benzene ring substituents is 1. The Morgan fingerprint density at radius 2 is 1.97 bits per heavy atom. The van der Waals surface area contributed by atoms with Crippen LogP contribution in [0.2, 0.25) is 0 Å². The maximum Gasteiger partial charge on any atom is 0.336 e. The molecular formula is C20H25N3O6S. The summed E-state index contributed by atoms with van der Waals surface area (Å²) in [5.74, 6) is -1.28. The van der Waals surface area contributed by atoms with Crippen LogP contribution in [0.3, 0.4) is 0 Å². The van der Waals surface area contributed by atoms with E-state index in [4.69, 9.17) is 15.2 Å². The van der Waals surface area contributed by atoms with Gasteiger partial charge in [0.1, 0.15) is 0 Å². The standard InChI is InChI=1S/C20H25N3O6S/c1-4-29-20(25)18-14(11-30-10-9-21)22-12(2)16(19(24)28-3)17(18)13-7-5-6-8-15(13)23(26)27/h5-8,17,22H,4,9-11,21H2,1-3H3. The van der Waals surface area contributed by atoms with Gasteiger partial charge in [-0.1, -0.05) is 18.2 Å². The van der Waals surface area contributed by atoms with Crippen LogP contribution in [0, 0.1) is 10.1 Å². The lowest BCUT2D eigenvalue weighted by Gasteiger charge is -2.31. The van der Waals surface area contributed by atoms with Crippen molar-refractivity contribution in [2.45, 2.75) is 19.8 Å². The number of methoxy groups -OCH3 is 1. The van der Waals surface area contributed by atoms with Gasteiger partial charge in [-0.2, -0.15) is 11.8 Å². The average molecular weight is 436 g/mol. The number of hydrogen-bond donors (Lipinski definition) is 2. The highest BCUT2D eigenvalue weighted by Crippen LogP contribution is 2.43. The summed E-state index contributed by atoms with van der Waals surface area (Å²) in [4.78, 5) is 36.8. The first-order valence-electron chi connectivity index (χ1n) is 9.34. The van der Waals surface area contributed by atoms with E-state index in [9.17, 15) is 19.7 Å². The largest absolute Gasteiger partial charge is 0.466 e. The third-order valence-electron chi connectivity index (χ3n) is 4.50. The number of benzene rings is 1. The van der Waals surface area contributed by atoms with Crippen molar-refractivity contribution in [3.63, 3.8) is 0 Å². The third-order valence-corrected chi connectivity index (χ3v) is 5.52. The Hall–Kier alpha value is -2.85. The minimum absolute atomic E-state index is 0.116. The Labute approximate surface area is 178 Å². The molecule has 9 nitrogen and oxygen atoms in total. The van der Waals surface area contributed by atoms with E-state index in [-0.39, 0.29) is 29.0 Å². The molecule has 1 aromatic rings. The molecule has 0 amide bonds. The van der Waals surface area contributed by atoms with Gasteiger partial charge in [0.05, 0.1) is 35.7 Å². The number of nitrogens with two attached hydrogens (primary N) is 1. The van der Waals surface area contributed by atoms with E-state index in [0.29, 0.717) is 29.4 Å². The zero-order chi connectivity index (χ0) is 22.3. The summed E-state index contributed by atoms with van der Waals surface area (Å²) < 4.78 is 10.2. The molecule has 0 saturated carbocycles. The minimum atomic E-state index is -1.01. The van der Waals surface area contributed by atoms with E-state index in [1.165, 1.54) is 37.1 Å². The fraction of sp³-hybridized carbons (Fsp3) is 0.400. The lowest BCUT2D eigenvalue weighted by Crippen LogP contribution is -2.34. The summed E-state index contributed by atoms with van der Waals surface area (Å²) in [5.41, 5.74) is 6.86. The van der Waals surface area contributed by atoms with E-state index < -0.39 is 22.8 Å². The first-order valence-corrected chi connectivity index (χ1v) is 10.5. The second-order valence-electron chi connectivity index (χ2n) is 6.36. The van der Waals surface area contributed by atoms with Gasteiger partial charge < -0.3 is 20.5 Å². The van der Waals surface area contributed by atoms with E-state index in [1.807, 2.05) is 0 Å². The molecule has 0 radical (unpaired) electrons. The van der Waals surface area contributed by atoms with Crippen LogP contribution in [-0.2, 0) is 19.1 Å². The van der Waals surface area contributed by atoms with Gasteiger partial charge in [-0.15, -0.1) is 0 Å². The van der Waals surface area contributed by atoms with Crippen LogP contribution in [0.15, 0.2) is 46.8 Å². The number of allylic oxidation sites excluding steroid dienone is 1. The number of nitrogens with one attached hydrogen (secondary N) is 1. The van der Waals surface area contributed by atoms with Crippen molar-refractivity contribution in [2.24, 2.45) is 5.73 Å². The number of esters is 2.